The molecule has 4 aromatic rings. The average molecular weight is 492 g/mol. The van der Waals surface area contributed by atoms with Gasteiger partial charge in [-0.2, -0.15) is 0 Å². The van der Waals surface area contributed by atoms with Crippen LogP contribution in [0.15, 0.2) is 76.5 Å². The Bertz CT molecular complexity index is 1390. The van der Waals surface area contributed by atoms with E-state index in [0.29, 0.717) is 33.4 Å². The van der Waals surface area contributed by atoms with Crippen molar-refractivity contribution in [3.05, 3.63) is 82.5 Å². The SMILES string of the molecule is C=CCn1c(SC(C)C(=O)Nc2ccc(OC)cc2)nc2scc(-c3ccc(C)cc3)c2c1=O. The molecule has 0 saturated heterocycles. The lowest BCUT2D eigenvalue weighted by atomic mass is 10.1. The number of thioether (sulfide) groups is 1. The first kappa shape index (κ1) is 23.8. The number of methoxy groups -OCH3 is 1. The molecule has 6 nitrogen and oxygen atoms in total. The van der Waals surface area contributed by atoms with Crippen molar-refractivity contribution >= 4 is 44.9 Å². The number of nitrogens with one attached hydrogen (secondary N) is 1. The average Bonchev–Trinajstić information content (AvgIpc) is 3.26. The van der Waals surface area contributed by atoms with Crippen molar-refractivity contribution in [2.75, 3.05) is 12.4 Å². The lowest BCUT2D eigenvalue weighted by Crippen LogP contribution is -2.26. The van der Waals surface area contributed by atoms with Gasteiger partial charge in [-0.1, -0.05) is 47.7 Å². The minimum atomic E-state index is -0.473. The van der Waals surface area contributed by atoms with Crippen molar-refractivity contribution in [1.82, 2.24) is 9.55 Å². The Hall–Kier alpha value is -3.36. The van der Waals surface area contributed by atoms with Crippen LogP contribution in [-0.2, 0) is 11.3 Å². The maximum Gasteiger partial charge on any atom is 0.263 e. The fourth-order valence-corrected chi connectivity index (χ4v) is 5.37. The van der Waals surface area contributed by atoms with Gasteiger partial charge in [-0.25, -0.2) is 4.98 Å². The zero-order valence-electron chi connectivity index (χ0n) is 19.2. The Morgan fingerprint density at radius 2 is 1.94 bits per heavy atom. The minimum absolute atomic E-state index is 0.132. The maximum absolute atomic E-state index is 13.5. The summed E-state index contributed by atoms with van der Waals surface area (Å²) in [5.41, 5.74) is 3.55. The van der Waals surface area contributed by atoms with Gasteiger partial charge in [-0.3, -0.25) is 14.2 Å². The molecular formula is C26H25N3O3S2. The third-order valence-corrected chi connectivity index (χ3v) is 7.30. The van der Waals surface area contributed by atoms with E-state index < -0.39 is 5.25 Å². The second-order valence-corrected chi connectivity index (χ2v) is 9.94. The molecule has 0 aliphatic rings. The summed E-state index contributed by atoms with van der Waals surface area (Å²) in [6, 6.07) is 15.2. The molecule has 34 heavy (non-hydrogen) atoms. The molecule has 0 bridgehead atoms. The molecule has 174 valence electrons. The number of aromatic nitrogens is 2. The molecule has 2 aromatic heterocycles. The summed E-state index contributed by atoms with van der Waals surface area (Å²) in [5.74, 6) is 0.536. The molecule has 8 heteroatoms. The van der Waals surface area contributed by atoms with E-state index in [2.05, 4.69) is 11.9 Å². The quantitative estimate of drug-likeness (QED) is 0.193. The van der Waals surface area contributed by atoms with Crippen LogP contribution >= 0.6 is 23.1 Å². The number of amides is 1. The number of benzene rings is 2. The molecule has 0 aliphatic heterocycles. The molecule has 0 fully saturated rings. The summed E-state index contributed by atoms with van der Waals surface area (Å²) in [7, 11) is 1.59. The summed E-state index contributed by atoms with van der Waals surface area (Å²) >= 11 is 2.69. The van der Waals surface area contributed by atoms with Crippen molar-refractivity contribution in [2.45, 2.75) is 30.8 Å². The van der Waals surface area contributed by atoms with Gasteiger partial charge in [0.25, 0.3) is 5.56 Å². The van der Waals surface area contributed by atoms with Crippen molar-refractivity contribution in [1.29, 1.82) is 0 Å². The Balaban J connectivity index is 1.64. The highest BCUT2D eigenvalue weighted by atomic mass is 32.2. The molecule has 1 amide bonds. The number of allylic oxidation sites excluding steroid dienone is 1. The number of hydrogen-bond donors (Lipinski definition) is 1. The van der Waals surface area contributed by atoms with Crippen LogP contribution in [0.25, 0.3) is 21.3 Å². The number of fused-ring (bicyclic) bond motifs is 1. The van der Waals surface area contributed by atoms with Crippen LogP contribution in [0.2, 0.25) is 0 Å². The van der Waals surface area contributed by atoms with Crippen LogP contribution in [0, 0.1) is 6.92 Å². The van der Waals surface area contributed by atoms with Crippen molar-refractivity contribution in [3.8, 4) is 16.9 Å². The van der Waals surface area contributed by atoms with Crippen LogP contribution in [0.3, 0.4) is 0 Å². The second-order valence-electron chi connectivity index (χ2n) is 7.77. The van der Waals surface area contributed by atoms with Gasteiger partial charge >= 0.3 is 0 Å². The van der Waals surface area contributed by atoms with Crippen LogP contribution in [-0.4, -0.2) is 27.8 Å². The lowest BCUT2D eigenvalue weighted by Gasteiger charge is -2.15. The molecule has 2 heterocycles. The number of rotatable bonds is 8. The number of thiophene rings is 1. The first-order chi connectivity index (χ1) is 16.4. The topological polar surface area (TPSA) is 73.2 Å². The minimum Gasteiger partial charge on any atom is -0.497 e. The Morgan fingerprint density at radius 1 is 1.24 bits per heavy atom. The maximum atomic E-state index is 13.5. The fraction of sp³-hybridized carbons (Fsp3) is 0.192. The first-order valence-electron chi connectivity index (χ1n) is 10.7. The number of anilines is 1. The standard InChI is InChI=1S/C26H25N3O3S2/c1-5-14-29-25(31)22-21(18-8-6-16(2)7-9-18)15-33-24(22)28-26(29)34-17(3)23(30)27-19-10-12-20(32-4)13-11-19/h5-13,15,17H,1,14H2,2-4H3,(H,27,30). The molecule has 0 spiro atoms. The summed E-state index contributed by atoms with van der Waals surface area (Å²) in [5, 5.41) is 5.48. The summed E-state index contributed by atoms with van der Waals surface area (Å²) in [6.45, 7) is 7.93. The fourth-order valence-electron chi connectivity index (χ4n) is 3.46. The Morgan fingerprint density at radius 3 is 2.59 bits per heavy atom. The normalized spacial score (nSPS) is 11.9. The number of carbonyl (C=O) groups excluding carboxylic acids is 1. The van der Waals surface area contributed by atoms with Crippen LogP contribution in [0.5, 0.6) is 5.75 Å². The zero-order valence-corrected chi connectivity index (χ0v) is 20.8. The molecule has 0 aliphatic carbocycles. The summed E-state index contributed by atoms with van der Waals surface area (Å²) < 4.78 is 6.74. The molecule has 1 N–H and O–H groups in total. The van der Waals surface area contributed by atoms with Gasteiger partial charge in [0.15, 0.2) is 5.16 Å². The number of aryl methyl sites for hydroxylation is 1. The molecule has 4 rings (SSSR count). The predicted molar refractivity (Wildman–Crippen MR) is 141 cm³/mol. The largest absolute Gasteiger partial charge is 0.497 e. The molecule has 0 saturated carbocycles. The van der Waals surface area contributed by atoms with E-state index in [0.717, 1.165) is 16.7 Å². The number of nitrogens with zero attached hydrogens (tertiary/aromatic N) is 2. The molecule has 1 atom stereocenters. The van der Waals surface area contributed by atoms with E-state index in [1.165, 1.54) is 23.1 Å². The predicted octanol–water partition coefficient (Wildman–Crippen LogP) is 5.75. The Kier molecular flexibility index (Phi) is 7.19. The molecule has 2 aromatic carbocycles. The van der Waals surface area contributed by atoms with E-state index in [4.69, 9.17) is 9.72 Å². The highest BCUT2D eigenvalue weighted by molar-refractivity contribution is 8.00. The van der Waals surface area contributed by atoms with Gasteiger partial charge in [-0.15, -0.1) is 17.9 Å². The first-order valence-corrected chi connectivity index (χ1v) is 12.5. The van der Waals surface area contributed by atoms with E-state index >= 15 is 0 Å². The van der Waals surface area contributed by atoms with Gasteiger partial charge in [0.05, 0.1) is 17.7 Å². The van der Waals surface area contributed by atoms with Crippen molar-refractivity contribution in [3.63, 3.8) is 0 Å². The van der Waals surface area contributed by atoms with Crippen LogP contribution < -0.4 is 15.6 Å². The number of ether oxygens (including phenoxy) is 1. The zero-order chi connectivity index (χ0) is 24.2. The van der Waals surface area contributed by atoms with Gasteiger partial charge in [0.2, 0.25) is 5.91 Å². The van der Waals surface area contributed by atoms with E-state index in [9.17, 15) is 9.59 Å². The second kappa shape index (κ2) is 10.3. The smallest absolute Gasteiger partial charge is 0.263 e. The van der Waals surface area contributed by atoms with Crippen molar-refractivity contribution < 1.29 is 9.53 Å². The van der Waals surface area contributed by atoms with Gasteiger partial charge in [-0.05, 0) is 43.7 Å². The highest BCUT2D eigenvalue weighted by Crippen LogP contribution is 2.33. The van der Waals surface area contributed by atoms with Gasteiger partial charge in [0.1, 0.15) is 10.6 Å². The summed E-state index contributed by atoms with van der Waals surface area (Å²) in [6.07, 6.45) is 1.67. The molecular weight excluding hydrogens is 466 g/mol. The van der Waals surface area contributed by atoms with E-state index in [-0.39, 0.29) is 11.5 Å². The highest BCUT2D eigenvalue weighted by Gasteiger charge is 2.21. The Labute approximate surface area is 206 Å². The van der Waals surface area contributed by atoms with Gasteiger partial charge < -0.3 is 10.1 Å². The third-order valence-electron chi connectivity index (χ3n) is 5.34. The molecule has 1 unspecified atom stereocenters. The van der Waals surface area contributed by atoms with Crippen LogP contribution in [0.1, 0.15) is 12.5 Å². The van der Waals surface area contributed by atoms with Crippen LogP contribution in [0.4, 0.5) is 5.69 Å². The molecule has 0 radical (unpaired) electrons. The number of hydrogen-bond acceptors (Lipinski definition) is 6. The van der Waals surface area contributed by atoms with Gasteiger partial charge in [0, 0.05) is 23.2 Å². The third kappa shape index (κ3) is 4.93. The van der Waals surface area contributed by atoms with E-state index in [1.807, 2.05) is 36.6 Å². The number of carbonyl (C=O) groups is 1. The van der Waals surface area contributed by atoms with Crippen molar-refractivity contribution in [2.24, 2.45) is 0 Å². The lowest BCUT2D eigenvalue weighted by molar-refractivity contribution is -0.115. The monoisotopic (exact) mass is 491 g/mol. The van der Waals surface area contributed by atoms with E-state index in [1.54, 1.807) is 48.9 Å². The summed E-state index contributed by atoms with van der Waals surface area (Å²) in [4.78, 5) is 31.8.